The molecule has 1 aliphatic heterocycles. The number of rotatable bonds is 4. The summed E-state index contributed by atoms with van der Waals surface area (Å²) in [6.07, 6.45) is 2.65. The van der Waals surface area contributed by atoms with E-state index in [-0.39, 0.29) is 0 Å². The predicted octanol–water partition coefficient (Wildman–Crippen LogP) is 3.12. The van der Waals surface area contributed by atoms with E-state index in [4.69, 9.17) is 0 Å². The molecule has 106 valence electrons. The van der Waals surface area contributed by atoms with E-state index in [2.05, 4.69) is 56.2 Å². The Morgan fingerprint density at radius 2 is 1.89 bits per heavy atom. The van der Waals surface area contributed by atoms with E-state index in [0.717, 1.165) is 12.5 Å². The van der Waals surface area contributed by atoms with Crippen LogP contribution >= 0.6 is 0 Å². The number of nitrogens with one attached hydrogen (secondary N) is 1. The van der Waals surface area contributed by atoms with Crippen LogP contribution < -0.4 is 5.32 Å². The van der Waals surface area contributed by atoms with Gasteiger partial charge >= 0.3 is 0 Å². The van der Waals surface area contributed by atoms with Crippen LogP contribution in [0.15, 0.2) is 18.2 Å². The Kier molecular flexibility index (Phi) is 5.00. The van der Waals surface area contributed by atoms with Crippen molar-refractivity contribution in [1.82, 2.24) is 10.2 Å². The fourth-order valence-corrected chi connectivity index (χ4v) is 3.01. The van der Waals surface area contributed by atoms with Crippen molar-refractivity contribution in [2.24, 2.45) is 5.92 Å². The highest BCUT2D eigenvalue weighted by atomic mass is 15.1. The van der Waals surface area contributed by atoms with Crippen molar-refractivity contribution in [2.75, 3.05) is 20.1 Å². The molecule has 0 amide bonds. The van der Waals surface area contributed by atoms with Crippen LogP contribution in [0.2, 0.25) is 0 Å². The van der Waals surface area contributed by atoms with Gasteiger partial charge in [-0.25, -0.2) is 0 Å². The summed E-state index contributed by atoms with van der Waals surface area (Å²) in [4.78, 5) is 2.60. The van der Waals surface area contributed by atoms with Crippen LogP contribution in [-0.4, -0.2) is 31.1 Å². The Labute approximate surface area is 118 Å². The van der Waals surface area contributed by atoms with Gasteiger partial charge in [-0.1, -0.05) is 18.2 Å². The van der Waals surface area contributed by atoms with Crippen molar-refractivity contribution in [2.45, 2.75) is 46.2 Å². The van der Waals surface area contributed by atoms with Crippen LogP contribution in [0, 0.1) is 19.8 Å². The number of hydrogen-bond acceptors (Lipinski definition) is 2. The first-order chi connectivity index (χ1) is 9.10. The minimum Gasteiger partial charge on any atom is -0.317 e. The molecule has 0 aromatic heterocycles. The van der Waals surface area contributed by atoms with Gasteiger partial charge in [0.15, 0.2) is 0 Å². The molecule has 1 heterocycles. The topological polar surface area (TPSA) is 15.3 Å². The van der Waals surface area contributed by atoms with Gasteiger partial charge in [0.25, 0.3) is 0 Å². The van der Waals surface area contributed by atoms with Crippen molar-refractivity contribution in [3.63, 3.8) is 0 Å². The molecule has 1 aromatic rings. The highest BCUT2D eigenvalue weighted by Gasteiger charge is 2.22. The highest BCUT2D eigenvalue weighted by Crippen LogP contribution is 2.22. The van der Waals surface area contributed by atoms with Crippen molar-refractivity contribution in [3.05, 3.63) is 34.9 Å². The molecule has 0 spiro atoms. The molecule has 2 heteroatoms. The van der Waals surface area contributed by atoms with Gasteiger partial charge in [0, 0.05) is 12.6 Å². The minimum absolute atomic E-state index is 0.656. The van der Waals surface area contributed by atoms with Gasteiger partial charge in [-0.15, -0.1) is 0 Å². The van der Waals surface area contributed by atoms with E-state index < -0.39 is 0 Å². The maximum atomic E-state index is 3.39. The van der Waals surface area contributed by atoms with Crippen LogP contribution in [0.1, 0.15) is 36.5 Å². The number of benzene rings is 1. The molecular weight excluding hydrogens is 232 g/mol. The zero-order valence-electron chi connectivity index (χ0n) is 12.9. The zero-order chi connectivity index (χ0) is 13.8. The average molecular weight is 260 g/mol. The molecule has 0 aliphatic carbocycles. The molecule has 0 saturated carbocycles. The Morgan fingerprint density at radius 3 is 2.47 bits per heavy atom. The molecular formula is C17H28N2. The summed E-state index contributed by atoms with van der Waals surface area (Å²) >= 11 is 0. The number of piperidine rings is 1. The second kappa shape index (κ2) is 6.53. The predicted molar refractivity (Wildman–Crippen MR) is 82.4 cm³/mol. The Bertz CT molecular complexity index is 406. The van der Waals surface area contributed by atoms with Crippen LogP contribution in [0.25, 0.3) is 0 Å². The number of nitrogens with zero attached hydrogens (tertiary/aromatic N) is 1. The molecule has 1 aromatic carbocycles. The lowest BCUT2D eigenvalue weighted by Crippen LogP contribution is -2.40. The van der Waals surface area contributed by atoms with E-state index in [1.165, 1.54) is 42.6 Å². The molecule has 0 bridgehead atoms. The second-order valence-electron chi connectivity index (χ2n) is 6.11. The Hall–Kier alpha value is -0.860. The molecule has 0 radical (unpaired) electrons. The summed E-state index contributed by atoms with van der Waals surface area (Å²) in [5, 5.41) is 3.39. The fraction of sp³-hybridized carbons (Fsp3) is 0.647. The normalized spacial score (nSPS) is 19.6. The largest absolute Gasteiger partial charge is 0.317 e. The number of aryl methyl sites for hydroxylation is 2. The average Bonchev–Trinajstić information content (AvgIpc) is 2.43. The minimum atomic E-state index is 0.656. The van der Waals surface area contributed by atoms with Crippen LogP contribution in [0.5, 0.6) is 0 Å². The smallest absolute Gasteiger partial charge is 0.0233 e. The van der Waals surface area contributed by atoms with E-state index in [1.54, 1.807) is 0 Å². The third-order valence-electron chi connectivity index (χ3n) is 4.77. The third kappa shape index (κ3) is 3.80. The molecule has 1 saturated heterocycles. The molecule has 2 rings (SSSR count). The Morgan fingerprint density at radius 1 is 1.21 bits per heavy atom. The SMILES string of the molecule is CNC(C)C1CCN(Cc2ccc(C)c(C)c2)CC1. The van der Waals surface area contributed by atoms with Crippen LogP contribution in [-0.2, 0) is 6.54 Å². The van der Waals surface area contributed by atoms with Gasteiger partial charge in [0.1, 0.15) is 0 Å². The fourth-order valence-electron chi connectivity index (χ4n) is 3.01. The summed E-state index contributed by atoms with van der Waals surface area (Å²) in [6, 6.07) is 7.53. The van der Waals surface area contributed by atoms with Gasteiger partial charge in [0.05, 0.1) is 0 Å². The molecule has 1 aliphatic rings. The van der Waals surface area contributed by atoms with Gasteiger partial charge in [-0.3, -0.25) is 4.90 Å². The molecule has 1 fully saturated rings. The van der Waals surface area contributed by atoms with Crippen molar-refractivity contribution in [1.29, 1.82) is 0 Å². The van der Waals surface area contributed by atoms with E-state index in [9.17, 15) is 0 Å². The van der Waals surface area contributed by atoms with Crippen LogP contribution in [0.4, 0.5) is 0 Å². The monoisotopic (exact) mass is 260 g/mol. The van der Waals surface area contributed by atoms with Gasteiger partial charge in [-0.2, -0.15) is 0 Å². The summed E-state index contributed by atoms with van der Waals surface area (Å²) in [5.41, 5.74) is 4.27. The first-order valence-corrected chi connectivity index (χ1v) is 7.56. The Balaban J connectivity index is 1.87. The van der Waals surface area contributed by atoms with E-state index >= 15 is 0 Å². The first kappa shape index (κ1) is 14.5. The standard InChI is InChI=1S/C17H28N2/c1-13-5-6-16(11-14(13)2)12-19-9-7-17(8-10-19)15(3)18-4/h5-6,11,15,17-18H,7-10,12H2,1-4H3. The summed E-state index contributed by atoms with van der Waals surface area (Å²) in [7, 11) is 2.08. The van der Waals surface area contributed by atoms with Crippen molar-refractivity contribution < 1.29 is 0 Å². The van der Waals surface area contributed by atoms with E-state index in [1.807, 2.05) is 0 Å². The van der Waals surface area contributed by atoms with Crippen molar-refractivity contribution in [3.8, 4) is 0 Å². The molecule has 1 N–H and O–H groups in total. The van der Waals surface area contributed by atoms with Gasteiger partial charge in [0.2, 0.25) is 0 Å². The first-order valence-electron chi connectivity index (χ1n) is 7.56. The molecule has 2 nitrogen and oxygen atoms in total. The quantitative estimate of drug-likeness (QED) is 0.895. The highest BCUT2D eigenvalue weighted by molar-refractivity contribution is 5.29. The maximum absolute atomic E-state index is 3.39. The van der Waals surface area contributed by atoms with E-state index in [0.29, 0.717) is 6.04 Å². The lowest BCUT2D eigenvalue weighted by molar-refractivity contribution is 0.159. The maximum Gasteiger partial charge on any atom is 0.0233 e. The zero-order valence-corrected chi connectivity index (χ0v) is 12.9. The number of hydrogen-bond donors (Lipinski definition) is 1. The van der Waals surface area contributed by atoms with Crippen molar-refractivity contribution >= 4 is 0 Å². The van der Waals surface area contributed by atoms with Gasteiger partial charge < -0.3 is 5.32 Å². The summed E-state index contributed by atoms with van der Waals surface area (Å²) < 4.78 is 0. The lowest BCUT2D eigenvalue weighted by Gasteiger charge is -2.34. The summed E-state index contributed by atoms with van der Waals surface area (Å²) in [6.45, 7) is 10.3. The summed E-state index contributed by atoms with van der Waals surface area (Å²) in [5.74, 6) is 0.848. The third-order valence-corrected chi connectivity index (χ3v) is 4.77. The lowest BCUT2D eigenvalue weighted by atomic mass is 9.90. The number of likely N-dealkylation sites (tertiary alicyclic amines) is 1. The van der Waals surface area contributed by atoms with Gasteiger partial charge in [-0.05, 0) is 76.4 Å². The molecule has 19 heavy (non-hydrogen) atoms. The molecule has 1 atom stereocenters. The van der Waals surface area contributed by atoms with Crippen LogP contribution in [0.3, 0.4) is 0 Å². The molecule has 1 unspecified atom stereocenters. The second-order valence-corrected chi connectivity index (χ2v) is 6.11.